The van der Waals surface area contributed by atoms with E-state index in [0.717, 1.165) is 12.8 Å². The van der Waals surface area contributed by atoms with Crippen molar-refractivity contribution in [1.29, 1.82) is 0 Å². The molecular weight excluding hydrogens is 268 g/mol. The van der Waals surface area contributed by atoms with E-state index in [1.165, 1.54) is 0 Å². The lowest BCUT2D eigenvalue weighted by molar-refractivity contribution is -0.154. The zero-order valence-electron chi connectivity index (χ0n) is 15.0. The Balaban J connectivity index is 4.05. The molecule has 0 unspecified atom stereocenters. The second-order valence-corrected chi connectivity index (χ2v) is 8.44. The summed E-state index contributed by atoms with van der Waals surface area (Å²) in [6.45, 7) is 16.0. The molecule has 0 aromatic rings. The van der Waals surface area contributed by atoms with Gasteiger partial charge in [-0.25, -0.2) is 0 Å². The molecule has 4 nitrogen and oxygen atoms in total. The van der Waals surface area contributed by atoms with Crippen LogP contribution in [0.4, 0.5) is 0 Å². The predicted molar refractivity (Wildman–Crippen MR) is 83.8 cm³/mol. The van der Waals surface area contributed by atoms with Crippen LogP contribution in [0.2, 0.25) is 0 Å². The van der Waals surface area contributed by atoms with Crippen LogP contribution in [0.3, 0.4) is 0 Å². The average molecular weight is 300 g/mol. The maximum absolute atomic E-state index is 11.7. The van der Waals surface area contributed by atoms with Gasteiger partial charge >= 0.3 is 11.9 Å². The number of carbonyl (C=O) groups excluding carboxylic acids is 2. The molecule has 0 rings (SSSR count). The molecule has 21 heavy (non-hydrogen) atoms. The first-order valence-corrected chi connectivity index (χ1v) is 7.60. The van der Waals surface area contributed by atoms with Gasteiger partial charge in [0.2, 0.25) is 0 Å². The van der Waals surface area contributed by atoms with Gasteiger partial charge in [0.25, 0.3) is 0 Å². The van der Waals surface area contributed by atoms with Crippen molar-refractivity contribution < 1.29 is 19.1 Å². The molecule has 0 aromatic carbocycles. The highest BCUT2D eigenvalue weighted by Gasteiger charge is 2.26. The van der Waals surface area contributed by atoms with Crippen LogP contribution in [0.25, 0.3) is 0 Å². The molecule has 0 bridgehead atoms. The number of ether oxygens (including phenoxy) is 2. The lowest BCUT2D eigenvalue weighted by atomic mass is 9.86. The van der Waals surface area contributed by atoms with Gasteiger partial charge < -0.3 is 9.47 Å². The molecule has 0 fully saturated rings. The molecule has 0 saturated carbocycles. The molecule has 0 N–H and O–H groups in total. The first kappa shape index (κ1) is 19.9. The normalized spacial score (nSPS) is 13.0. The van der Waals surface area contributed by atoms with E-state index in [4.69, 9.17) is 9.47 Å². The third-order valence-electron chi connectivity index (χ3n) is 3.25. The molecule has 0 heterocycles. The Kier molecular flexibility index (Phi) is 6.91. The van der Waals surface area contributed by atoms with Gasteiger partial charge in [-0.2, -0.15) is 0 Å². The quantitative estimate of drug-likeness (QED) is 0.696. The lowest BCUT2D eigenvalue weighted by Crippen LogP contribution is -2.27. The second-order valence-electron chi connectivity index (χ2n) is 8.44. The Hall–Kier alpha value is -1.06. The van der Waals surface area contributed by atoms with E-state index in [1.54, 1.807) is 0 Å². The standard InChI is InChI=1S/C17H32O4/c1-15(2,3)13(18)20-11-9-17(7,8)10-12-21-14(19)16(4,5)6/h9-12H2,1-8H3. The third kappa shape index (κ3) is 8.74. The molecule has 0 atom stereocenters. The van der Waals surface area contributed by atoms with Gasteiger partial charge in [0.1, 0.15) is 0 Å². The summed E-state index contributed by atoms with van der Waals surface area (Å²) < 4.78 is 10.6. The van der Waals surface area contributed by atoms with E-state index in [-0.39, 0.29) is 17.4 Å². The van der Waals surface area contributed by atoms with Gasteiger partial charge in [-0.05, 0) is 59.8 Å². The van der Waals surface area contributed by atoms with Crippen molar-refractivity contribution in [2.24, 2.45) is 16.2 Å². The van der Waals surface area contributed by atoms with Crippen molar-refractivity contribution in [3.63, 3.8) is 0 Å². The van der Waals surface area contributed by atoms with Gasteiger partial charge in [0, 0.05) is 0 Å². The van der Waals surface area contributed by atoms with Gasteiger partial charge in [-0.1, -0.05) is 13.8 Å². The Morgan fingerprint density at radius 3 is 1.19 bits per heavy atom. The van der Waals surface area contributed by atoms with E-state index < -0.39 is 10.8 Å². The zero-order valence-corrected chi connectivity index (χ0v) is 15.0. The van der Waals surface area contributed by atoms with E-state index >= 15 is 0 Å². The summed E-state index contributed by atoms with van der Waals surface area (Å²) in [5.41, 5.74) is -0.963. The molecule has 0 amide bonds. The summed E-state index contributed by atoms with van der Waals surface area (Å²) in [6, 6.07) is 0. The minimum atomic E-state index is -0.466. The molecule has 0 saturated heterocycles. The van der Waals surface area contributed by atoms with E-state index in [2.05, 4.69) is 13.8 Å². The average Bonchev–Trinajstić information content (AvgIpc) is 2.25. The van der Waals surface area contributed by atoms with E-state index in [9.17, 15) is 9.59 Å². The van der Waals surface area contributed by atoms with Crippen molar-refractivity contribution in [2.75, 3.05) is 13.2 Å². The number of rotatable bonds is 6. The molecule has 0 spiro atoms. The molecule has 0 aliphatic heterocycles. The minimum Gasteiger partial charge on any atom is -0.465 e. The van der Waals surface area contributed by atoms with Crippen molar-refractivity contribution in [3.8, 4) is 0 Å². The molecule has 0 radical (unpaired) electrons. The van der Waals surface area contributed by atoms with E-state index in [1.807, 2.05) is 41.5 Å². The predicted octanol–water partition coefficient (Wildman–Crippen LogP) is 3.97. The molecular formula is C17H32O4. The van der Waals surface area contributed by atoms with Crippen LogP contribution in [0.5, 0.6) is 0 Å². The Morgan fingerprint density at radius 2 is 0.952 bits per heavy atom. The van der Waals surface area contributed by atoms with Crippen molar-refractivity contribution in [2.45, 2.75) is 68.2 Å². The summed E-state index contributed by atoms with van der Waals surface area (Å²) in [7, 11) is 0. The number of esters is 2. The maximum atomic E-state index is 11.7. The number of hydrogen-bond acceptors (Lipinski definition) is 4. The van der Waals surface area contributed by atoms with Crippen LogP contribution >= 0.6 is 0 Å². The summed E-state index contributed by atoms with van der Waals surface area (Å²) in [4.78, 5) is 23.3. The van der Waals surface area contributed by atoms with Crippen molar-refractivity contribution in [3.05, 3.63) is 0 Å². The lowest BCUT2D eigenvalue weighted by Gasteiger charge is -2.26. The maximum Gasteiger partial charge on any atom is 0.311 e. The summed E-state index contributed by atoms with van der Waals surface area (Å²) in [5.74, 6) is -0.366. The highest BCUT2D eigenvalue weighted by atomic mass is 16.5. The molecule has 0 aliphatic carbocycles. The highest BCUT2D eigenvalue weighted by Crippen LogP contribution is 2.26. The monoisotopic (exact) mass is 300 g/mol. The smallest absolute Gasteiger partial charge is 0.311 e. The van der Waals surface area contributed by atoms with Crippen molar-refractivity contribution in [1.82, 2.24) is 0 Å². The second kappa shape index (κ2) is 7.28. The topological polar surface area (TPSA) is 52.6 Å². The van der Waals surface area contributed by atoms with Crippen LogP contribution in [-0.4, -0.2) is 25.2 Å². The number of hydrogen-bond donors (Lipinski definition) is 0. The molecule has 0 aromatic heterocycles. The number of carbonyl (C=O) groups is 2. The van der Waals surface area contributed by atoms with Crippen LogP contribution in [0.1, 0.15) is 68.2 Å². The first-order valence-electron chi connectivity index (χ1n) is 7.60. The minimum absolute atomic E-state index is 0.0314. The van der Waals surface area contributed by atoms with Gasteiger partial charge in [0.15, 0.2) is 0 Å². The summed E-state index contributed by atoms with van der Waals surface area (Å²) in [5, 5.41) is 0. The molecule has 4 heteroatoms. The summed E-state index contributed by atoms with van der Waals surface area (Å²) >= 11 is 0. The van der Waals surface area contributed by atoms with Gasteiger partial charge in [-0.15, -0.1) is 0 Å². The van der Waals surface area contributed by atoms with Gasteiger partial charge in [-0.3, -0.25) is 9.59 Å². The fraction of sp³-hybridized carbons (Fsp3) is 0.882. The van der Waals surface area contributed by atoms with Crippen LogP contribution in [0, 0.1) is 16.2 Å². The van der Waals surface area contributed by atoms with E-state index in [0.29, 0.717) is 13.2 Å². The van der Waals surface area contributed by atoms with Crippen LogP contribution in [-0.2, 0) is 19.1 Å². The fourth-order valence-corrected chi connectivity index (χ4v) is 1.40. The first-order chi connectivity index (χ1) is 9.26. The third-order valence-corrected chi connectivity index (χ3v) is 3.25. The molecule has 124 valence electrons. The largest absolute Gasteiger partial charge is 0.465 e. The van der Waals surface area contributed by atoms with Crippen molar-refractivity contribution >= 4 is 11.9 Å². The van der Waals surface area contributed by atoms with Crippen LogP contribution < -0.4 is 0 Å². The highest BCUT2D eigenvalue weighted by molar-refractivity contribution is 5.75. The Bertz CT molecular complexity index is 322. The fourth-order valence-electron chi connectivity index (χ4n) is 1.40. The summed E-state index contributed by atoms with van der Waals surface area (Å²) in [6.07, 6.45) is 1.50. The molecule has 0 aliphatic rings. The Morgan fingerprint density at radius 1 is 0.667 bits per heavy atom. The van der Waals surface area contributed by atoms with Gasteiger partial charge in [0.05, 0.1) is 24.0 Å². The SMILES string of the molecule is CC(C)(CCOC(=O)C(C)(C)C)CCOC(=O)C(C)(C)C. The zero-order chi connectivity index (χ0) is 16.9. The van der Waals surface area contributed by atoms with Crippen LogP contribution in [0.15, 0.2) is 0 Å². The Labute approximate surface area is 129 Å².